The van der Waals surface area contributed by atoms with Crippen LogP contribution in [0.2, 0.25) is 0 Å². The molecule has 0 aromatic carbocycles. The van der Waals surface area contributed by atoms with E-state index >= 15 is 0 Å². The molecule has 1 rings (SSSR count). The number of nitrogens with one attached hydrogen (secondary N) is 2. The summed E-state index contributed by atoms with van der Waals surface area (Å²) in [5.74, 6) is 10.6. The Morgan fingerprint density at radius 3 is 2.94 bits per heavy atom. The normalized spacial score (nSPS) is 9.50. The Morgan fingerprint density at radius 1 is 1.56 bits per heavy atom. The van der Waals surface area contributed by atoms with Crippen LogP contribution in [0.3, 0.4) is 0 Å². The first-order valence-electron chi connectivity index (χ1n) is 4.87. The third-order valence-corrected chi connectivity index (χ3v) is 1.81. The molecule has 5 nitrogen and oxygen atoms in total. The molecule has 0 aliphatic heterocycles. The highest BCUT2D eigenvalue weighted by molar-refractivity contribution is 5.93. The van der Waals surface area contributed by atoms with Crippen LogP contribution in [0.15, 0.2) is 18.5 Å². The van der Waals surface area contributed by atoms with Gasteiger partial charge in [-0.05, 0) is 12.0 Å². The summed E-state index contributed by atoms with van der Waals surface area (Å²) in [6.45, 7) is 0.743. The molecule has 0 radical (unpaired) electrons. The van der Waals surface area contributed by atoms with E-state index in [4.69, 9.17) is 5.84 Å². The van der Waals surface area contributed by atoms with Gasteiger partial charge in [0.2, 0.25) is 0 Å². The van der Waals surface area contributed by atoms with Gasteiger partial charge in [-0.15, -0.1) is 0 Å². The smallest absolute Gasteiger partial charge is 0.266 e. The van der Waals surface area contributed by atoms with Crippen molar-refractivity contribution in [3.8, 4) is 11.8 Å². The van der Waals surface area contributed by atoms with Gasteiger partial charge in [-0.25, -0.2) is 5.84 Å². The summed E-state index contributed by atoms with van der Waals surface area (Å²) < 4.78 is 0. The van der Waals surface area contributed by atoms with E-state index < -0.39 is 0 Å². The standard InChI is InChI=1S/C11H14N4O/c1-15(2)5-3-4-9-6-10(8-13-7-9)11(16)14-12/h6-8H,5,12H2,1-2H3,(H,14,16)/p+1. The predicted octanol–water partition coefficient (Wildman–Crippen LogP) is -1.82. The van der Waals surface area contributed by atoms with Gasteiger partial charge in [-0.1, -0.05) is 5.92 Å². The van der Waals surface area contributed by atoms with Gasteiger partial charge in [0, 0.05) is 18.0 Å². The minimum atomic E-state index is -0.366. The third kappa shape index (κ3) is 3.69. The number of pyridine rings is 1. The van der Waals surface area contributed by atoms with E-state index in [0.29, 0.717) is 11.1 Å². The lowest BCUT2D eigenvalue weighted by molar-refractivity contribution is -0.850. The molecule has 16 heavy (non-hydrogen) atoms. The number of nitrogens with two attached hydrogens (primary N) is 1. The molecular weight excluding hydrogens is 204 g/mol. The summed E-state index contributed by atoms with van der Waals surface area (Å²) in [5.41, 5.74) is 3.17. The molecule has 0 saturated carbocycles. The third-order valence-electron chi connectivity index (χ3n) is 1.81. The molecule has 0 bridgehead atoms. The fourth-order valence-electron chi connectivity index (χ4n) is 1.04. The van der Waals surface area contributed by atoms with Crippen molar-refractivity contribution in [2.75, 3.05) is 20.6 Å². The average Bonchev–Trinajstić information content (AvgIpc) is 2.28. The van der Waals surface area contributed by atoms with Gasteiger partial charge >= 0.3 is 0 Å². The van der Waals surface area contributed by atoms with E-state index in [2.05, 4.69) is 22.3 Å². The Morgan fingerprint density at radius 2 is 2.31 bits per heavy atom. The van der Waals surface area contributed by atoms with Crippen molar-refractivity contribution >= 4 is 5.91 Å². The minimum absolute atomic E-state index is 0.366. The molecular formula is C11H15N4O+. The molecule has 0 spiro atoms. The van der Waals surface area contributed by atoms with Crippen LogP contribution in [-0.4, -0.2) is 31.5 Å². The van der Waals surface area contributed by atoms with Crippen LogP contribution in [0.4, 0.5) is 0 Å². The highest BCUT2D eigenvalue weighted by atomic mass is 16.2. The van der Waals surface area contributed by atoms with Crippen LogP contribution in [-0.2, 0) is 0 Å². The molecule has 0 fully saturated rings. The molecule has 1 heterocycles. The second-order valence-corrected chi connectivity index (χ2v) is 3.62. The highest BCUT2D eigenvalue weighted by Crippen LogP contribution is 2.00. The van der Waals surface area contributed by atoms with Gasteiger partial charge in [-0.2, -0.15) is 0 Å². The number of carbonyl (C=O) groups is 1. The predicted molar refractivity (Wildman–Crippen MR) is 60.4 cm³/mol. The number of amides is 1. The molecule has 1 amide bonds. The van der Waals surface area contributed by atoms with E-state index in [9.17, 15) is 4.79 Å². The lowest BCUT2D eigenvalue weighted by Gasteiger charge is -2.00. The largest absolute Gasteiger partial charge is 0.330 e. The van der Waals surface area contributed by atoms with E-state index in [1.165, 1.54) is 11.1 Å². The monoisotopic (exact) mass is 219 g/mol. The van der Waals surface area contributed by atoms with Gasteiger partial charge < -0.3 is 4.90 Å². The number of nitrogens with zero attached hydrogens (tertiary/aromatic N) is 1. The van der Waals surface area contributed by atoms with Crippen LogP contribution >= 0.6 is 0 Å². The Labute approximate surface area is 94.6 Å². The zero-order valence-corrected chi connectivity index (χ0v) is 9.37. The fraction of sp³-hybridized carbons (Fsp3) is 0.273. The van der Waals surface area contributed by atoms with Crippen LogP contribution in [0, 0.1) is 11.8 Å². The molecule has 0 unspecified atom stereocenters. The Hall–Kier alpha value is -1.90. The zero-order chi connectivity index (χ0) is 12.0. The molecule has 0 aliphatic carbocycles. The first-order valence-corrected chi connectivity index (χ1v) is 4.87. The molecule has 4 N–H and O–H groups in total. The number of quaternary nitrogens is 1. The van der Waals surface area contributed by atoms with E-state index in [1.807, 2.05) is 14.1 Å². The number of hydrogen-bond donors (Lipinski definition) is 3. The molecule has 1 aromatic heterocycles. The zero-order valence-electron chi connectivity index (χ0n) is 9.37. The van der Waals surface area contributed by atoms with Crippen molar-refractivity contribution in [2.45, 2.75) is 0 Å². The second-order valence-electron chi connectivity index (χ2n) is 3.62. The van der Waals surface area contributed by atoms with Crippen LogP contribution in [0.5, 0.6) is 0 Å². The number of hydrogen-bond acceptors (Lipinski definition) is 3. The summed E-state index contributed by atoms with van der Waals surface area (Å²) in [4.78, 5) is 16.4. The van der Waals surface area contributed by atoms with Crippen molar-refractivity contribution < 1.29 is 9.69 Å². The Kier molecular flexibility index (Phi) is 4.45. The van der Waals surface area contributed by atoms with Crippen LogP contribution in [0.1, 0.15) is 15.9 Å². The number of nitrogen functional groups attached to an aromatic ring is 1. The van der Waals surface area contributed by atoms with Gasteiger partial charge in [0.15, 0.2) is 0 Å². The van der Waals surface area contributed by atoms with E-state index in [-0.39, 0.29) is 5.91 Å². The molecule has 0 aliphatic rings. The van der Waals surface area contributed by atoms with Gasteiger partial charge in [0.05, 0.1) is 19.7 Å². The number of rotatable bonds is 2. The minimum Gasteiger partial charge on any atom is -0.330 e. The van der Waals surface area contributed by atoms with Crippen LogP contribution in [0.25, 0.3) is 0 Å². The van der Waals surface area contributed by atoms with Crippen molar-refractivity contribution in [3.63, 3.8) is 0 Å². The van der Waals surface area contributed by atoms with Crippen molar-refractivity contribution in [1.82, 2.24) is 10.4 Å². The maximum absolute atomic E-state index is 11.2. The van der Waals surface area contributed by atoms with Gasteiger partial charge in [0.25, 0.3) is 5.91 Å². The summed E-state index contributed by atoms with van der Waals surface area (Å²) in [5, 5.41) is 0. The van der Waals surface area contributed by atoms with Crippen molar-refractivity contribution in [3.05, 3.63) is 29.6 Å². The first-order chi connectivity index (χ1) is 7.63. The summed E-state index contributed by atoms with van der Waals surface area (Å²) in [6, 6.07) is 1.66. The molecule has 84 valence electrons. The van der Waals surface area contributed by atoms with E-state index in [0.717, 1.165) is 6.54 Å². The van der Waals surface area contributed by atoms with Crippen LogP contribution < -0.4 is 16.2 Å². The van der Waals surface area contributed by atoms with Gasteiger partial charge in [-0.3, -0.25) is 15.2 Å². The number of hydrazine groups is 1. The maximum Gasteiger partial charge on any atom is 0.266 e. The topological polar surface area (TPSA) is 72.5 Å². The van der Waals surface area contributed by atoms with Crippen molar-refractivity contribution in [2.24, 2.45) is 5.84 Å². The SMILES string of the molecule is C[NH+](C)CC#Cc1cncc(C(=O)NN)c1. The highest BCUT2D eigenvalue weighted by Gasteiger charge is 2.03. The second kappa shape index (κ2) is 5.85. The molecule has 0 atom stereocenters. The molecule has 5 heteroatoms. The number of aromatic nitrogens is 1. The summed E-state index contributed by atoms with van der Waals surface area (Å²) in [7, 11) is 4.04. The lowest BCUT2D eigenvalue weighted by atomic mass is 10.2. The fourth-order valence-corrected chi connectivity index (χ4v) is 1.04. The molecule has 1 aromatic rings. The van der Waals surface area contributed by atoms with Crippen molar-refractivity contribution in [1.29, 1.82) is 0 Å². The Balaban J connectivity index is 2.81. The lowest BCUT2D eigenvalue weighted by Crippen LogP contribution is -3.05. The van der Waals surface area contributed by atoms with Gasteiger partial charge in [0.1, 0.15) is 6.54 Å². The first kappa shape index (κ1) is 12.2. The van der Waals surface area contributed by atoms with E-state index in [1.54, 1.807) is 12.3 Å². The average molecular weight is 219 g/mol. The molecule has 0 saturated heterocycles. The quantitative estimate of drug-likeness (QED) is 0.237. The Bertz CT molecular complexity index is 431. The summed E-state index contributed by atoms with van der Waals surface area (Å²) in [6.07, 6.45) is 3.07. The maximum atomic E-state index is 11.2. The summed E-state index contributed by atoms with van der Waals surface area (Å²) >= 11 is 0. The number of carbonyl (C=O) groups excluding carboxylic acids is 1.